The van der Waals surface area contributed by atoms with Crippen molar-refractivity contribution in [1.82, 2.24) is 0 Å². The Hall–Kier alpha value is -2.24. The van der Waals surface area contributed by atoms with Crippen LogP contribution in [0.5, 0.6) is 0 Å². The molecule has 1 saturated carbocycles. The third-order valence-corrected chi connectivity index (χ3v) is 5.52. The summed E-state index contributed by atoms with van der Waals surface area (Å²) in [6.07, 6.45) is 8.67. The second kappa shape index (κ2) is 13.2. The average molecular weight is 429 g/mol. The zero-order chi connectivity index (χ0) is 22.6. The maximum Gasteiger partial charge on any atom is 0.306 e. The number of hydrogen-bond donors (Lipinski definition) is 2. The molecule has 31 heavy (non-hydrogen) atoms. The lowest BCUT2D eigenvalue weighted by atomic mass is 9.94. The normalized spacial score (nSPS) is 22.5. The molecule has 0 bridgehead atoms. The standard InChI is InChI=1S/C26H36O5/c1-19(2)31-26(30)13-9-4-3-8-12-22-23(25(29)18-24(22)28)17-16-21(27)15-14-20-10-6-5-7-11-20/h3,5-8,10-11,17,19,22,24-25,28-29H,4,9,12-16,18H2,1-2H3/t22?,24-,25+/m0/s1. The van der Waals surface area contributed by atoms with Gasteiger partial charge in [-0.25, -0.2) is 0 Å². The molecule has 170 valence electrons. The third-order valence-electron chi connectivity index (χ3n) is 5.52. The molecule has 2 rings (SSSR count). The summed E-state index contributed by atoms with van der Waals surface area (Å²) in [7, 11) is 0. The number of carbonyl (C=O) groups is 2. The maximum atomic E-state index is 12.3. The van der Waals surface area contributed by atoms with Gasteiger partial charge in [0.25, 0.3) is 0 Å². The lowest BCUT2D eigenvalue weighted by molar-refractivity contribution is -0.147. The number of aliphatic hydroxyl groups excluding tert-OH is 2. The third kappa shape index (κ3) is 9.19. The summed E-state index contributed by atoms with van der Waals surface area (Å²) in [5.74, 6) is -0.216. The van der Waals surface area contributed by atoms with E-state index in [-0.39, 0.29) is 30.2 Å². The van der Waals surface area contributed by atoms with Crippen molar-refractivity contribution < 1.29 is 24.5 Å². The van der Waals surface area contributed by atoms with Crippen molar-refractivity contribution in [3.63, 3.8) is 0 Å². The summed E-state index contributed by atoms with van der Waals surface area (Å²) in [4.78, 5) is 23.8. The van der Waals surface area contributed by atoms with Gasteiger partial charge in [0.2, 0.25) is 0 Å². The monoisotopic (exact) mass is 428 g/mol. The predicted molar refractivity (Wildman–Crippen MR) is 121 cm³/mol. The molecule has 5 heteroatoms. The Morgan fingerprint density at radius 3 is 2.58 bits per heavy atom. The Kier molecular flexibility index (Phi) is 10.7. The SMILES string of the molecule is CC(C)OC(=O)CCCC=CCC1C(=CCC(=O)CCc2ccccc2)[C@H](O)C[C@@H]1O. The summed E-state index contributed by atoms with van der Waals surface area (Å²) < 4.78 is 5.11. The van der Waals surface area contributed by atoms with Crippen molar-refractivity contribution >= 4 is 11.8 Å². The highest BCUT2D eigenvalue weighted by atomic mass is 16.5. The quantitative estimate of drug-likeness (QED) is 0.294. The van der Waals surface area contributed by atoms with Crippen LogP contribution in [0, 0.1) is 5.92 Å². The summed E-state index contributed by atoms with van der Waals surface area (Å²) in [6, 6.07) is 9.91. The maximum absolute atomic E-state index is 12.3. The highest BCUT2D eigenvalue weighted by Gasteiger charge is 2.35. The summed E-state index contributed by atoms with van der Waals surface area (Å²) in [5.41, 5.74) is 1.91. The Morgan fingerprint density at radius 1 is 1.13 bits per heavy atom. The summed E-state index contributed by atoms with van der Waals surface area (Å²) in [5, 5.41) is 20.6. The van der Waals surface area contributed by atoms with Gasteiger partial charge in [-0.15, -0.1) is 0 Å². The van der Waals surface area contributed by atoms with Gasteiger partial charge in [-0.2, -0.15) is 0 Å². The average Bonchev–Trinajstić information content (AvgIpc) is 3.00. The number of Topliss-reactive ketones (excluding diaryl/α,β-unsaturated/α-hetero) is 1. The topological polar surface area (TPSA) is 83.8 Å². The van der Waals surface area contributed by atoms with Crippen molar-refractivity contribution in [2.24, 2.45) is 5.92 Å². The molecule has 1 aliphatic carbocycles. The molecule has 1 unspecified atom stereocenters. The number of ketones is 1. The smallest absolute Gasteiger partial charge is 0.306 e. The van der Waals surface area contributed by atoms with Crippen LogP contribution < -0.4 is 0 Å². The van der Waals surface area contributed by atoms with Gasteiger partial charge >= 0.3 is 5.97 Å². The number of benzene rings is 1. The Labute approximate surface area is 185 Å². The van der Waals surface area contributed by atoms with Gasteiger partial charge in [0.05, 0.1) is 18.3 Å². The first-order valence-electron chi connectivity index (χ1n) is 11.3. The van der Waals surface area contributed by atoms with Crippen LogP contribution in [0.2, 0.25) is 0 Å². The lowest BCUT2D eigenvalue weighted by Gasteiger charge is -2.14. The van der Waals surface area contributed by atoms with Crippen molar-refractivity contribution in [2.75, 3.05) is 0 Å². The molecule has 0 heterocycles. The number of carbonyl (C=O) groups excluding carboxylic acids is 2. The number of aryl methyl sites for hydroxylation is 1. The number of esters is 1. The number of allylic oxidation sites excluding steroid dienone is 3. The first kappa shape index (κ1) is 25.0. The van der Waals surface area contributed by atoms with Crippen LogP contribution >= 0.6 is 0 Å². The minimum absolute atomic E-state index is 0.0891. The summed E-state index contributed by atoms with van der Waals surface area (Å²) in [6.45, 7) is 3.67. The molecule has 1 aromatic carbocycles. The fourth-order valence-corrected chi connectivity index (χ4v) is 3.89. The first-order chi connectivity index (χ1) is 14.9. The van der Waals surface area contributed by atoms with Gasteiger partial charge in [0, 0.05) is 31.6 Å². The number of aliphatic hydroxyl groups is 2. The molecule has 1 aromatic rings. The summed E-state index contributed by atoms with van der Waals surface area (Å²) >= 11 is 0. The first-order valence-corrected chi connectivity index (χ1v) is 11.3. The molecule has 1 aliphatic rings. The van der Waals surface area contributed by atoms with Gasteiger partial charge in [-0.1, -0.05) is 48.6 Å². The molecule has 1 fully saturated rings. The van der Waals surface area contributed by atoms with Crippen molar-refractivity contribution in [3.05, 3.63) is 59.7 Å². The molecule has 5 nitrogen and oxygen atoms in total. The Morgan fingerprint density at radius 2 is 1.87 bits per heavy atom. The van der Waals surface area contributed by atoms with E-state index in [9.17, 15) is 19.8 Å². The van der Waals surface area contributed by atoms with E-state index in [0.717, 1.165) is 24.0 Å². The molecular weight excluding hydrogens is 392 g/mol. The minimum atomic E-state index is -0.693. The zero-order valence-corrected chi connectivity index (χ0v) is 18.7. The highest BCUT2D eigenvalue weighted by molar-refractivity contribution is 5.80. The molecule has 2 N–H and O–H groups in total. The van der Waals surface area contributed by atoms with Crippen molar-refractivity contribution in [2.45, 2.75) is 83.5 Å². The molecule has 3 atom stereocenters. The molecule has 0 aromatic heterocycles. The van der Waals surface area contributed by atoms with Crippen LogP contribution in [0.1, 0.15) is 64.4 Å². The molecule has 0 aliphatic heterocycles. The minimum Gasteiger partial charge on any atom is -0.463 e. The van der Waals surface area contributed by atoms with E-state index < -0.39 is 12.2 Å². The molecule has 0 radical (unpaired) electrons. The van der Waals surface area contributed by atoms with E-state index in [1.54, 1.807) is 0 Å². The highest BCUT2D eigenvalue weighted by Crippen LogP contribution is 2.35. The van der Waals surface area contributed by atoms with E-state index in [2.05, 4.69) is 0 Å². The molecule has 0 amide bonds. The Balaban J connectivity index is 1.78. The van der Waals surface area contributed by atoms with Crippen LogP contribution in [0.3, 0.4) is 0 Å². The predicted octanol–water partition coefficient (Wildman–Crippen LogP) is 4.31. The van der Waals surface area contributed by atoms with Crippen LogP contribution in [0.4, 0.5) is 0 Å². The van der Waals surface area contributed by atoms with E-state index in [0.29, 0.717) is 32.1 Å². The second-order valence-corrected chi connectivity index (χ2v) is 8.50. The fourth-order valence-electron chi connectivity index (χ4n) is 3.89. The van der Waals surface area contributed by atoms with E-state index in [4.69, 9.17) is 4.74 Å². The number of rotatable bonds is 12. The second-order valence-electron chi connectivity index (χ2n) is 8.50. The van der Waals surface area contributed by atoms with E-state index in [1.807, 2.05) is 62.4 Å². The molecule has 0 saturated heterocycles. The van der Waals surface area contributed by atoms with Gasteiger partial charge in [-0.05, 0) is 50.7 Å². The van der Waals surface area contributed by atoms with Crippen LogP contribution in [0.25, 0.3) is 0 Å². The van der Waals surface area contributed by atoms with Crippen molar-refractivity contribution in [3.8, 4) is 0 Å². The van der Waals surface area contributed by atoms with E-state index in [1.165, 1.54) is 0 Å². The van der Waals surface area contributed by atoms with Crippen LogP contribution in [-0.4, -0.2) is 40.3 Å². The zero-order valence-electron chi connectivity index (χ0n) is 18.7. The van der Waals surface area contributed by atoms with Gasteiger partial charge in [0.1, 0.15) is 5.78 Å². The van der Waals surface area contributed by atoms with Crippen LogP contribution in [0.15, 0.2) is 54.1 Å². The largest absolute Gasteiger partial charge is 0.463 e. The Bertz CT molecular complexity index is 750. The van der Waals surface area contributed by atoms with Gasteiger partial charge in [-0.3, -0.25) is 9.59 Å². The number of unbranched alkanes of at least 4 members (excludes halogenated alkanes) is 1. The van der Waals surface area contributed by atoms with Gasteiger partial charge < -0.3 is 14.9 Å². The van der Waals surface area contributed by atoms with E-state index >= 15 is 0 Å². The number of ether oxygens (including phenoxy) is 1. The van der Waals surface area contributed by atoms with Crippen molar-refractivity contribution in [1.29, 1.82) is 0 Å². The lowest BCUT2D eigenvalue weighted by Crippen LogP contribution is -2.14. The fraction of sp³-hybridized carbons (Fsp3) is 0.538. The molecular formula is C26H36O5. The van der Waals surface area contributed by atoms with Crippen LogP contribution in [-0.2, 0) is 20.7 Å². The molecule has 0 spiro atoms. The number of hydrogen-bond acceptors (Lipinski definition) is 5. The van der Waals surface area contributed by atoms with Gasteiger partial charge in [0.15, 0.2) is 0 Å².